The fourth-order valence-electron chi connectivity index (χ4n) is 2.10. The maximum atomic E-state index is 6.09. The SMILES string of the molecule is CCC(N)c1ccccc1OC1CCCOC1. The molecular weight excluding hydrogens is 214 g/mol. The Morgan fingerprint density at radius 1 is 1.47 bits per heavy atom. The third kappa shape index (κ3) is 3.20. The van der Waals surface area contributed by atoms with Gasteiger partial charge < -0.3 is 15.2 Å². The van der Waals surface area contributed by atoms with Gasteiger partial charge in [-0.15, -0.1) is 0 Å². The molecule has 3 nitrogen and oxygen atoms in total. The van der Waals surface area contributed by atoms with Crippen molar-refractivity contribution in [3.63, 3.8) is 0 Å². The maximum Gasteiger partial charge on any atom is 0.124 e. The molecule has 0 saturated carbocycles. The van der Waals surface area contributed by atoms with Crippen molar-refractivity contribution >= 4 is 0 Å². The Kier molecular flexibility index (Phi) is 4.40. The molecule has 0 amide bonds. The van der Waals surface area contributed by atoms with E-state index in [0.29, 0.717) is 6.61 Å². The van der Waals surface area contributed by atoms with Crippen LogP contribution < -0.4 is 10.5 Å². The molecule has 2 unspecified atom stereocenters. The van der Waals surface area contributed by atoms with E-state index < -0.39 is 0 Å². The van der Waals surface area contributed by atoms with Crippen LogP contribution in [0.15, 0.2) is 24.3 Å². The third-order valence-electron chi connectivity index (χ3n) is 3.17. The van der Waals surface area contributed by atoms with Crippen molar-refractivity contribution in [3.05, 3.63) is 29.8 Å². The number of rotatable bonds is 4. The highest BCUT2D eigenvalue weighted by molar-refractivity contribution is 5.35. The van der Waals surface area contributed by atoms with Crippen LogP contribution in [0.2, 0.25) is 0 Å². The Labute approximate surface area is 103 Å². The molecule has 1 heterocycles. The second kappa shape index (κ2) is 6.03. The van der Waals surface area contributed by atoms with Crippen LogP contribution in [0.25, 0.3) is 0 Å². The second-order valence-corrected chi connectivity index (χ2v) is 4.51. The van der Waals surface area contributed by atoms with E-state index in [1.165, 1.54) is 0 Å². The molecule has 0 bridgehead atoms. The summed E-state index contributed by atoms with van der Waals surface area (Å²) < 4.78 is 11.4. The van der Waals surface area contributed by atoms with Gasteiger partial charge in [0.25, 0.3) is 0 Å². The summed E-state index contributed by atoms with van der Waals surface area (Å²) in [5.41, 5.74) is 7.19. The first-order chi connectivity index (χ1) is 8.31. The zero-order valence-electron chi connectivity index (χ0n) is 10.4. The van der Waals surface area contributed by atoms with Gasteiger partial charge in [-0.1, -0.05) is 25.1 Å². The first-order valence-electron chi connectivity index (χ1n) is 6.40. The highest BCUT2D eigenvalue weighted by Gasteiger charge is 2.18. The highest BCUT2D eigenvalue weighted by Crippen LogP contribution is 2.27. The normalized spacial score (nSPS) is 22.1. The van der Waals surface area contributed by atoms with Crippen molar-refractivity contribution in [1.29, 1.82) is 0 Å². The molecule has 1 aliphatic rings. The average molecular weight is 235 g/mol. The van der Waals surface area contributed by atoms with Gasteiger partial charge in [0, 0.05) is 18.2 Å². The van der Waals surface area contributed by atoms with Crippen LogP contribution in [0.4, 0.5) is 0 Å². The number of ether oxygens (including phenoxy) is 2. The molecule has 0 aliphatic carbocycles. The van der Waals surface area contributed by atoms with Crippen LogP contribution >= 0.6 is 0 Å². The van der Waals surface area contributed by atoms with Crippen molar-refractivity contribution in [2.24, 2.45) is 5.73 Å². The smallest absolute Gasteiger partial charge is 0.124 e. The van der Waals surface area contributed by atoms with E-state index in [-0.39, 0.29) is 12.1 Å². The predicted octanol–water partition coefficient (Wildman–Crippen LogP) is 2.65. The van der Waals surface area contributed by atoms with Gasteiger partial charge in [-0.2, -0.15) is 0 Å². The molecule has 1 aliphatic heterocycles. The summed E-state index contributed by atoms with van der Waals surface area (Å²) in [5, 5.41) is 0. The molecule has 2 atom stereocenters. The summed E-state index contributed by atoms with van der Waals surface area (Å²) in [4.78, 5) is 0. The lowest BCUT2D eigenvalue weighted by Crippen LogP contribution is -2.28. The van der Waals surface area contributed by atoms with E-state index in [1.807, 2.05) is 24.3 Å². The van der Waals surface area contributed by atoms with Crippen LogP contribution in [-0.4, -0.2) is 19.3 Å². The van der Waals surface area contributed by atoms with E-state index in [9.17, 15) is 0 Å². The molecule has 2 rings (SSSR count). The van der Waals surface area contributed by atoms with Crippen LogP contribution in [-0.2, 0) is 4.74 Å². The molecule has 94 valence electrons. The molecule has 17 heavy (non-hydrogen) atoms. The largest absolute Gasteiger partial charge is 0.488 e. The van der Waals surface area contributed by atoms with Gasteiger partial charge in [-0.05, 0) is 25.3 Å². The van der Waals surface area contributed by atoms with Crippen molar-refractivity contribution < 1.29 is 9.47 Å². The molecule has 0 radical (unpaired) electrons. The summed E-state index contributed by atoms with van der Waals surface area (Å²) in [6.07, 6.45) is 3.23. The Hall–Kier alpha value is -1.06. The van der Waals surface area contributed by atoms with Gasteiger partial charge in [0.15, 0.2) is 0 Å². The minimum absolute atomic E-state index is 0.0516. The van der Waals surface area contributed by atoms with Gasteiger partial charge in [0.1, 0.15) is 11.9 Å². The molecule has 0 aromatic heterocycles. The van der Waals surface area contributed by atoms with Crippen LogP contribution in [0.3, 0.4) is 0 Å². The van der Waals surface area contributed by atoms with E-state index >= 15 is 0 Å². The van der Waals surface area contributed by atoms with Crippen LogP contribution in [0.5, 0.6) is 5.75 Å². The fraction of sp³-hybridized carbons (Fsp3) is 0.571. The molecular formula is C14H21NO2. The fourth-order valence-corrected chi connectivity index (χ4v) is 2.10. The Morgan fingerprint density at radius 3 is 3.00 bits per heavy atom. The van der Waals surface area contributed by atoms with Crippen molar-refractivity contribution in [2.75, 3.05) is 13.2 Å². The van der Waals surface area contributed by atoms with E-state index in [0.717, 1.165) is 37.2 Å². The Bertz CT molecular complexity index is 348. The van der Waals surface area contributed by atoms with Gasteiger partial charge in [-0.3, -0.25) is 0 Å². The Morgan fingerprint density at radius 2 is 2.29 bits per heavy atom. The van der Waals surface area contributed by atoms with Crippen molar-refractivity contribution in [2.45, 2.75) is 38.3 Å². The van der Waals surface area contributed by atoms with Gasteiger partial charge in [-0.25, -0.2) is 0 Å². The number of nitrogens with two attached hydrogens (primary N) is 1. The number of hydrogen-bond acceptors (Lipinski definition) is 3. The first-order valence-corrected chi connectivity index (χ1v) is 6.40. The van der Waals surface area contributed by atoms with Crippen LogP contribution in [0.1, 0.15) is 37.8 Å². The summed E-state index contributed by atoms with van der Waals surface area (Å²) in [7, 11) is 0. The Balaban J connectivity index is 2.08. The van der Waals surface area contributed by atoms with Crippen molar-refractivity contribution in [1.82, 2.24) is 0 Å². The zero-order chi connectivity index (χ0) is 12.1. The average Bonchev–Trinajstić information content (AvgIpc) is 2.40. The van der Waals surface area contributed by atoms with E-state index in [2.05, 4.69) is 6.92 Å². The summed E-state index contributed by atoms with van der Waals surface area (Å²) in [6.45, 7) is 3.64. The number of para-hydroxylation sites is 1. The van der Waals surface area contributed by atoms with Crippen molar-refractivity contribution in [3.8, 4) is 5.75 Å². The highest BCUT2D eigenvalue weighted by atomic mass is 16.5. The summed E-state index contributed by atoms with van der Waals surface area (Å²) >= 11 is 0. The lowest BCUT2D eigenvalue weighted by atomic mass is 10.0. The van der Waals surface area contributed by atoms with E-state index in [1.54, 1.807) is 0 Å². The monoisotopic (exact) mass is 235 g/mol. The lowest BCUT2D eigenvalue weighted by Gasteiger charge is -2.25. The van der Waals surface area contributed by atoms with Gasteiger partial charge in [0.05, 0.1) is 6.61 Å². The summed E-state index contributed by atoms with van der Waals surface area (Å²) in [5.74, 6) is 0.914. The molecule has 1 fully saturated rings. The molecule has 1 aromatic carbocycles. The maximum absolute atomic E-state index is 6.09. The predicted molar refractivity (Wildman–Crippen MR) is 68.1 cm³/mol. The lowest BCUT2D eigenvalue weighted by molar-refractivity contribution is 0.00690. The minimum Gasteiger partial charge on any atom is -0.488 e. The van der Waals surface area contributed by atoms with Gasteiger partial charge >= 0.3 is 0 Å². The second-order valence-electron chi connectivity index (χ2n) is 4.51. The van der Waals surface area contributed by atoms with E-state index in [4.69, 9.17) is 15.2 Å². The molecule has 1 saturated heterocycles. The molecule has 1 aromatic rings. The topological polar surface area (TPSA) is 44.5 Å². The summed E-state index contributed by atoms with van der Waals surface area (Å²) in [6, 6.07) is 8.10. The third-order valence-corrected chi connectivity index (χ3v) is 3.17. The molecule has 0 spiro atoms. The minimum atomic E-state index is 0.0516. The first kappa shape index (κ1) is 12.4. The zero-order valence-corrected chi connectivity index (χ0v) is 10.4. The standard InChI is InChI=1S/C14H21NO2/c1-2-13(15)12-7-3-4-8-14(12)17-11-6-5-9-16-10-11/h3-4,7-8,11,13H,2,5-6,9-10,15H2,1H3. The molecule has 2 N–H and O–H groups in total. The van der Waals surface area contributed by atoms with Crippen LogP contribution in [0, 0.1) is 0 Å². The quantitative estimate of drug-likeness (QED) is 0.872. The molecule has 3 heteroatoms. The number of hydrogen-bond donors (Lipinski definition) is 1. The number of benzene rings is 1. The van der Waals surface area contributed by atoms with Gasteiger partial charge in [0.2, 0.25) is 0 Å².